The molecule has 5 heteroatoms. The molecule has 0 saturated heterocycles. The van der Waals surface area contributed by atoms with Gasteiger partial charge in [0.2, 0.25) is 6.79 Å². The minimum Gasteiger partial charge on any atom is -0.454 e. The first-order chi connectivity index (χ1) is 10.0. The van der Waals surface area contributed by atoms with Gasteiger partial charge in [0.05, 0.1) is 10.7 Å². The van der Waals surface area contributed by atoms with E-state index in [1.807, 2.05) is 13.0 Å². The minimum absolute atomic E-state index is 0.0852. The summed E-state index contributed by atoms with van der Waals surface area (Å²) in [5.74, 6) is 1.08. The Morgan fingerprint density at radius 1 is 1.19 bits per heavy atom. The molecule has 0 aromatic heterocycles. The van der Waals surface area contributed by atoms with Gasteiger partial charge in [-0.2, -0.15) is 0 Å². The van der Waals surface area contributed by atoms with Gasteiger partial charge in [0, 0.05) is 18.2 Å². The molecule has 0 radical (unpaired) electrons. The standard InChI is InChI=1S/C16H15ClFNO2/c1-9-3-4-11(5-13(9)18)10(2)19-14-7-16-15(6-12(14)17)20-8-21-16/h3-7,10,19H,8H2,1-2H3. The molecule has 1 aliphatic heterocycles. The van der Waals surface area contributed by atoms with E-state index in [9.17, 15) is 4.39 Å². The van der Waals surface area contributed by atoms with Crippen LogP contribution in [0.3, 0.4) is 0 Å². The van der Waals surface area contributed by atoms with Crippen LogP contribution in [-0.2, 0) is 0 Å². The van der Waals surface area contributed by atoms with Crippen molar-refractivity contribution in [3.05, 3.63) is 52.3 Å². The number of rotatable bonds is 3. The van der Waals surface area contributed by atoms with E-state index in [1.165, 1.54) is 6.07 Å². The summed E-state index contributed by atoms with van der Waals surface area (Å²) < 4.78 is 24.3. The predicted molar refractivity (Wildman–Crippen MR) is 80.7 cm³/mol. The van der Waals surface area contributed by atoms with Gasteiger partial charge in [-0.25, -0.2) is 4.39 Å². The van der Waals surface area contributed by atoms with E-state index in [-0.39, 0.29) is 18.7 Å². The van der Waals surface area contributed by atoms with Crippen molar-refractivity contribution in [3.8, 4) is 11.5 Å². The van der Waals surface area contributed by atoms with Crippen LogP contribution in [0.4, 0.5) is 10.1 Å². The zero-order valence-electron chi connectivity index (χ0n) is 11.7. The summed E-state index contributed by atoms with van der Waals surface area (Å²) >= 11 is 6.22. The van der Waals surface area contributed by atoms with Gasteiger partial charge in [0.15, 0.2) is 11.5 Å². The fraction of sp³-hybridized carbons (Fsp3) is 0.250. The molecule has 3 nitrogen and oxygen atoms in total. The number of ether oxygens (including phenoxy) is 2. The van der Waals surface area contributed by atoms with Crippen LogP contribution in [0.2, 0.25) is 5.02 Å². The van der Waals surface area contributed by atoms with Crippen molar-refractivity contribution < 1.29 is 13.9 Å². The first-order valence-corrected chi connectivity index (χ1v) is 7.04. The lowest BCUT2D eigenvalue weighted by molar-refractivity contribution is 0.174. The SMILES string of the molecule is Cc1ccc(C(C)Nc2cc3c(cc2Cl)OCO3)cc1F. The number of fused-ring (bicyclic) bond motifs is 1. The summed E-state index contributed by atoms with van der Waals surface area (Å²) in [6.07, 6.45) is 0. The van der Waals surface area contributed by atoms with Gasteiger partial charge in [0.25, 0.3) is 0 Å². The summed E-state index contributed by atoms with van der Waals surface area (Å²) in [6.45, 7) is 3.89. The zero-order valence-corrected chi connectivity index (χ0v) is 12.5. The summed E-state index contributed by atoms with van der Waals surface area (Å²) in [5, 5.41) is 3.81. The molecule has 0 saturated carbocycles. The predicted octanol–water partition coefficient (Wildman–Crippen LogP) is 4.69. The van der Waals surface area contributed by atoms with Crippen LogP contribution in [0.5, 0.6) is 11.5 Å². The monoisotopic (exact) mass is 307 g/mol. The topological polar surface area (TPSA) is 30.5 Å². The lowest BCUT2D eigenvalue weighted by atomic mass is 10.1. The lowest BCUT2D eigenvalue weighted by Crippen LogP contribution is -2.07. The van der Waals surface area contributed by atoms with E-state index < -0.39 is 0 Å². The Morgan fingerprint density at radius 2 is 1.90 bits per heavy atom. The van der Waals surface area contributed by atoms with Gasteiger partial charge >= 0.3 is 0 Å². The van der Waals surface area contributed by atoms with Gasteiger partial charge in [0.1, 0.15) is 5.82 Å². The highest BCUT2D eigenvalue weighted by atomic mass is 35.5. The van der Waals surface area contributed by atoms with Gasteiger partial charge in [-0.15, -0.1) is 0 Å². The fourth-order valence-corrected chi connectivity index (χ4v) is 2.43. The number of nitrogens with one attached hydrogen (secondary N) is 1. The zero-order chi connectivity index (χ0) is 15.0. The van der Waals surface area contributed by atoms with Crippen LogP contribution < -0.4 is 14.8 Å². The number of aryl methyl sites for hydroxylation is 1. The quantitative estimate of drug-likeness (QED) is 0.892. The van der Waals surface area contributed by atoms with E-state index in [1.54, 1.807) is 25.1 Å². The average molecular weight is 308 g/mol. The molecule has 1 aliphatic rings. The molecule has 110 valence electrons. The first-order valence-electron chi connectivity index (χ1n) is 6.66. The largest absolute Gasteiger partial charge is 0.454 e. The fourth-order valence-electron chi connectivity index (χ4n) is 2.22. The normalized spacial score (nSPS) is 14.1. The second-order valence-electron chi connectivity index (χ2n) is 5.06. The molecule has 0 aliphatic carbocycles. The second-order valence-corrected chi connectivity index (χ2v) is 5.47. The van der Waals surface area contributed by atoms with Crippen molar-refractivity contribution in [2.75, 3.05) is 12.1 Å². The van der Waals surface area contributed by atoms with Gasteiger partial charge < -0.3 is 14.8 Å². The Balaban J connectivity index is 1.84. The van der Waals surface area contributed by atoms with Crippen molar-refractivity contribution in [1.29, 1.82) is 0 Å². The molecule has 0 fully saturated rings. The number of anilines is 1. The van der Waals surface area contributed by atoms with Crippen molar-refractivity contribution in [3.63, 3.8) is 0 Å². The van der Waals surface area contributed by atoms with Crippen LogP contribution in [0.25, 0.3) is 0 Å². The van der Waals surface area contributed by atoms with Crippen LogP contribution in [0.1, 0.15) is 24.1 Å². The molecule has 0 amide bonds. The van der Waals surface area contributed by atoms with Gasteiger partial charge in [-0.3, -0.25) is 0 Å². The van der Waals surface area contributed by atoms with Crippen LogP contribution in [0.15, 0.2) is 30.3 Å². The molecule has 1 heterocycles. The number of benzene rings is 2. The molecule has 3 rings (SSSR count). The van der Waals surface area contributed by atoms with Crippen LogP contribution in [0, 0.1) is 12.7 Å². The summed E-state index contributed by atoms with van der Waals surface area (Å²) in [5.41, 5.74) is 2.22. The third-order valence-electron chi connectivity index (χ3n) is 3.53. The van der Waals surface area contributed by atoms with Gasteiger partial charge in [-0.1, -0.05) is 23.7 Å². The first kappa shape index (κ1) is 14.0. The Bertz CT molecular complexity index is 690. The molecule has 1 N–H and O–H groups in total. The molecule has 21 heavy (non-hydrogen) atoms. The second kappa shape index (κ2) is 5.45. The number of halogens is 2. The van der Waals surface area contributed by atoms with Crippen molar-refractivity contribution in [2.24, 2.45) is 0 Å². The van der Waals surface area contributed by atoms with Crippen molar-refractivity contribution in [2.45, 2.75) is 19.9 Å². The highest BCUT2D eigenvalue weighted by Crippen LogP contribution is 2.40. The van der Waals surface area contributed by atoms with E-state index in [0.717, 1.165) is 11.3 Å². The molecule has 2 aromatic carbocycles. The van der Waals surface area contributed by atoms with Crippen molar-refractivity contribution >= 4 is 17.3 Å². The maximum Gasteiger partial charge on any atom is 0.231 e. The molecule has 0 bridgehead atoms. The molecule has 1 atom stereocenters. The van der Waals surface area contributed by atoms with Crippen LogP contribution in [-0.4, -0.2) is 6.79 Å². The summed E-state index contributed by atoms with van der Waals surface area (Å²) in [4.78, 5) is 0. The molecular formula is C16H15ClFNO2. The van der Waals surface area contributed by atoms with Crippen LogP contribution >= 0.6 is 11.6 Å². The Hall–Kier alpha value is -1.94. The molecule has 0 spiro atoms. The lowest BCUT2D eigenvalue weighted by Gasteiger charge is -2.17. The third kappa shape index (κ3) is 2.76. The Labute approximate surface area is 127 Å². The highest BCUT2D eigenvalue weighted by Gasteiger charge is 2.18. The summed E-state index contributed by atoms with van der Waals surface area (Å²) in [7, 11) is 0. The molecule has 2 aromatic rings. The number of hydrogen-bond donors (Lipinski definition) is 1. The molecule has 1 unspecified atom stereocenters. The highest BCUT2D eigenvalue weighted by molar-refractivity contribution is 6.33. The van der Waals surface area contributed by atoms with E-state index in [2.05, 4.69) is 5.32 Å². The minimum atomic E-state index is -0.210. The van der Waals surface area contributed by atoms with E-state index in [4.69, 9.17) is 21.1 Å². The van der Waals surface area contributed by atoms with E-state index in [0.29, 0.717) is 22.1 Å². The Kier molecular flexibility index (Phi) is 3.64. The Morgan fingerprint density at radius 3 is 2.62 bits per heavy atom. The smallest absolute Gasteiger partial charge is 0.231 e. The maximum absolute atomic E-state index is 13.6. The maximum atomic E-state index is 13.6. The van der Waals surface area contributed by atoms with E-state index >= 15 is 0 Å². The average Bonchev–Trinajstić information content (AvgIpc) is 2.89. The summed E-state index contributed by atoms with van der Waals surface area (Å²) in [6, 6.07) is 8.63. The van der Waals surface area contributed by atoms with Crippen molar-refractivity contribution in [1.82, 2.24) is 0 Å². The van der Waals surface area contributed by atoms with Gasteiger partial charge in [-0.05, 0) is 31.0 Å². The number of hydrogen-bond acceptors (Lipinski definition) is 3. The molecular weight excluding hydrogens is 293 g/mol. The third-order valence-corrected chi connectivity index (χ3v) is 3.84.